The maximum atomic E-state index is 10.3. The summed E-state index contributed by atoms with van der Waals surface area (Å²) in [5.41, 5.74) is 8.06. The van der Waals surface area contributed by atoms with E-state index in [2.05, 4.69) is 6.58 Å². The van der Waals surface area contributed by atoms with Crippen molar-refractivity contribution < 1.29 is 9.90 Å². The zero-order valence-corrected chi connectivity index (χ0v) is 8.03. The summed E-state index contributed by atoms with van der Waals surface area (Å²) in [4.78, 5) is 10.3. The van der Waals surface area contributed by atoms with Gasteiger partial charge in [-0.2, -0.15) is 0 Å². The van der Waals surface area contributed by atoms with Crippen LogP contribution in [0.25, 0.3) is 0 Å². The summed E-state index contributed by atoms with van der Waals surface area (Å²) in [6, 6.07) is 0. The van der Waals surface area contributed by atoms with Crippen LogP contribution >= 0.6 is 0 Å². The van der Waals surface area contributed by atoms with E-state index in [-0.39, 0.29) is 5.92 Å². The molecule has 0 aromatic rings. The lowest BCUT2D eigenvalue weighted by Crippen LogP contribution is -2.12. The molecular formula is C11H13NO2. The number of hydrogen-bond donors (Lipinski definition) is 2. The highest BCUT2D eigenvalue weighted by Gasteiger charge is 2.15. The van der Waals surface area contributed by atoms with Crippen molar-refractivity contribution in [3.63, 3.8) is 0 Å². The number of carboxylic acid groups (broad SMARTS) is 1. The van der Waals surface area contributed by atoms with Gasteiger partial charge in [-0.3, -0.25) is 0 Å². The molecule has 3 nitrogen and oxygen atoms in total. The first-order chi connectivity index (χ1) is 6.52. The Morgan fingerprint density at radius 2 is 2.29 bits per heavy atom. The number of nitrogens with two attached hydrogens (primary N) is 1. The van der Waals surface area contributed by atoms with Gasteiger partial charge < -0.3 is 10.8 Å². The van der Waals surface area contributed by atoms with E-state index in [4.69, 9.17) is 10.8 Å². The van der Waals surface area contributed by atoms with E-state index in [0.29, 0.717) is 5.70 Å². The summed E-state index contributed by atoms with van der Waals surface area (Å²) in [5, 5.41) is 8.47. The van der Waals surface area contributed by atoms with Gasteiger partial charge in [0.2, 0.25) is 0 Å². The highest BCUT2D eigenvalue weighted by atomic mass is 16.4. The molecule has 0 spiro atoms. The number of rotatable bonds is 2. The Bertz CT molecular complexity index is 361. The van der Waals surface area contributed by atoms with Crippen LogP contribution in [-0.4, -0.2) is 11.1 Å². The van der Waals surface area contributed by atoms with E-state index in [1.807, 2.05) is 13.0 Å². The second-order valence-corrected chi connectivity index (χ2v) is 3.21. The van der Waals surface area contributed by atoms with Gasteiger partial charge >= 0.3 is 5.97 Å². The zero-order valence-electron chi connectivity index (χ0n) is 8.03. The molecule has 3 N–H and O–H groups in total. The smallest absolute Gasteiger partial charge is 0.328 e. The Morgan fingerprint density at radius 3 is 2.86 bits per heavy atom. The van der Waals surface area contributed by atoms with Crippen LogP contribution in [0.5, 0.6) is 0 Å². The fourth-order valence-electron chi connectivity index (χ4n) is 1.26. The number of carbonyl (C=O) groups is 1. The third-order valence-electron chi connectivity index (χ3n) is 2.27. The molecule has 0 aromatic heterocycles. The molecule has 1 atom stereocenters. The third kappa shape index (κ3) is 2.13. The summed E-state index contributed by atoms with van der Waals surface area (Å²) >= 11 is 0. The van der Waals surface area contributed by atoms with E-state index in [1.54, 1.807) is 12.2 Å². The Kier molecular flexibility index (Phi) is 2.92. The average molecular weight is 191 g/mol. The number of hydrogen-bond acceptors (Lipinski definition) is 2. The van der Waals surface area contributed by atoms with Crippen molar-refractivity contribution in [1.82, 2.24) is 0 Å². The molecule has 3 heteroatoms. The average Bonchev–Trinajstić information content (AvgIpc) is 2.13. The van der Waals surface area contributed by atoms with Crippen LogP contribution in [0.1, 0.15) is 6.92 Å². The molecule has 0 aliphatic heterocycles. The highest BCUT2D eigenvalue weighted by Crippen LogP contribution is 2.27. The maximum absolute atomic E-state index is 10.3. The summed E-state index contributed by atoms with van der Waals surface area (Å²) in [6.07, 6.45) is 6.24. The third-order valence-corrected chi connectivity index (χ3v) is 2.27. The number of carboxylic acids is 1. The summed E-state index contributed by atoms with van der Waals surface area (Å²) in [5.74, 6) is -0.873. The molecular weight excluding hydrogens is 178 g/mol. The maximum Gasteiger partial charge on any atom is 0.328 e. The van der Waals surface area contributed by atoms with Gasteiger partial charge in [-0.1, -0.05) is 25.7 Å². The second kappa shape index (κ2) is 3.96. The van der Waals surface area contributed by atoms with Crippen molar-refractivity contribution >= 4 is 5.97 Å². The monoisotopic (exact) mass is 191 g/mol. The SMILES string of the molecule is C=C1C(N)=CC=C(C=CC(=O)O)C1C. The van der Waals surface area contributed by atoms with E-state index in [9.17, 15) is 4.79 Å². The molecule has 1 aliphatic carbocycles. The van der Waals surface area contributed by atoms with Crippen molar-refractivity contribution in [1.29, 1.82) is 0 Å². The molecule has 1 unspecified atom stereocenters. The van der Waals surface area contributed by atoms with Crippen LogP contribution in [0.2, 0.25) is 0 Å². The van der Waals surface area contributed by atoms with Crippen molar-refractivity contribution in [2.75, 3.05) is 0 Å². The zero-order chi connectivity index (χ0) is 10.7. The van der Waals surface area contributed by atoms with Crippen LogP contribution in [-0.2, 0) is 4.79 Å². The highest BCUT2D eigenvalue weighted by molar-refractivity contribution is 5.80. The standard InChI is InChI=1S/C11H13NO2/c1-7-8(2)10(12)5-3-9(7)4-6-11(13)14/h3-7H,2,12H2,1H3,(H,13,14). The lowest BCUT2D eigenvalue weighted by molar-refractivity contribution is -0.131. The summed E-state index contributed by atoms with van der Waals surface area (Å²) in [7, 11) is 0. The van der Waals surface area contributed by atoms with Gasteiger partial charge in [0, 0.05) is 17.7 Å². The predicted octanol–water partition coefficient (Wildman–Crippen LogP) is 1.60. The predicted molar refractivity (Wildman–Crippen MR) is 55.4 cm³/mol. The quantitative estimate of drug-likeness (QED) is 0.652. The van der Waals surface area contributed by atoms with Crippen LogP contribution in [0.15, 0.2) is 47.7 Å². The Balaban J connectivity index is 2.90. The number of aliphatic carboxylic acids is 1. The van der Waals surface area contributed by atoms with E-state index in [0.717, 1.165) is 17.2 Å². The normalized spacial score (nSPS) is 22.1. The van der Waals surface area contributed by atoms with E-state index in [1.165, 1.54) is 0 Å². The molecule has 0 bridgehead atoms. The molecule has 1 aliphatic rings. The van der Waals surface area contributed by atoms with Crippen molar-refractivity contribution in [2.45, 2.75) is 6.92 Å². The van der Waals surface area contributed by atoms with Gasteiger partial charge in [0.15, 0.2) is 0 Å². The lowest BCUT2D eigenvalue weighted by Gasteiger charge is -2.19. The van der Waals surface area contributed by atoms with Crippen molar-refractivity contribution in [2.24, 2.45) is 11.7 Å². The van der Waals surface area contributed by atoms with Crippen molar-refractivity contribution in [3.05, 3.63) is 47.7 Å². The first-order valence-corrected chi connectivity index (χ1v) is 4.30. The van der Waals surface area contributed by atoms with Crippen LogP contribution in [0.3, 0.4) is 0 Å². The molecule has 1 rings (SSSR count). The molecule has 0 aromatic carbocycles. The largest absolute Gasteiger partial charge is 0.478 e. The van der Waals surface area contributed by atoms with Gasteiger partial charge in [0.1, 0.15) is 0 Å². The van der Waals surface area contributed by atoms with Crippen LogP contribution in [0.4, 0.5) is 0 Å². The fourth-order valence-corrected chi connectivity index (χ4v) is 1.26. The Morgan fingerprint density at radius 1 is 1.64 bits per heavy atom. The fraction of sp³-hybridized carbons (Fsp3) is 0.182. The van der Waals surface area contributed by atoms with Gasteiger partial charge in [0.25, 0.3) is 0 Å². The molecule has 0 saturated carbocycles. The van der Waals surface area contributed by atoms with Gasteiger partial charge in [-0.15, -0.1) is 0 Å². The molecule has 0 amide bonds. The van der Waals surface area contributed by atoms with Gasteiger partial charge in [-0.25, -0.2) is 4.79 Å². The topological polar surface area (TPSA) is 63.3 Å². The van der Waals surface area contributed by atoms with Crippen molar-refractivity contribution in [3.8, 4) is 0 Å². The first-order valence-electron chi connectivity index (χ1n) is 4.30. The van der Waals surface area contributed by atoms with E-state index < -0.39 is 5.97 Å². The minimum absolute atomic E-state index is 0.0793. The summed E-state index contributed by atoms with van der Waals surface area (Å²) < 4.78 is 0. The van der Waals surface area contributed by atoms with Crippen LogP contribution in [0, 0.1) is 5.92 Å². The minimum Gasteiger partial charge on any atom is -0.478 e. The summed E-state index contributed by atoms with van der Waals surface area (Å²) in [6.45, 7) is 5.78. The molecule has 0 fully saturated rings. The molecule has 0 saturated heterocycles. The molecule has 74 valence electrons. The van der Waals surface area contributed by atoms with Gasteiger partial charge in [-0.05, 0) is 17.2 Å². The molecule has 0 heterocycles. The molecule has 0 radical (unpaired) electrons. The molecule has 14 heavy (non-hydrogen) atoms. The Hall–Kier alpha value is -1.77. The Labute approximate surface area is 82.9 Å². The number of allylic oxidation sites excluding steroid dienone is 5. The van der Waals surface area contributed by atoms with E-state index >= 15 is 0 Å². The first kappa shape index (κ1) is 10.3. The van der Waals surface area contributed by atoms with Gasteiger partial charge in [0.05, 0.1) is 0 Å². The lowest BCUT2D eigenvalue weighted by atomic mass is 9.87. The minimum atomic E-state index is -0.953. The second-order valence-electron chi connectivity index (χ2n) is 3.21. The van der Waals surface area contributed by atoms with Crippen LogP contribution < -0.4 is 5.73 Å².